The second-order valence-electron chi connectivity index (χ2n) is 6.74. The SMILES string of the molecule is O=Nc1c(O)[nH]c2c3c(c(S(=O)(=O)NOCc4ccccc4)cc12)CCCC3. The molecule has 0 radical (unpaired) electrons. The number of aromatic hydroxyl groups is 1. The van der Waals surface area contributed by atoms with Crippen LogP contribution in [0.5, 0.6) is 5.88 Å². The van der Waals surface area contributed by atoms with E-state index in [9.17, 15) is 18.4 Å². The van der Waals surface area contributed by atoms with Crippen LogP contribution in [0.2, 0.25) is 0 Å². The van der Waals surface area contributed by atoms with Gasteiger partial charge in [0, 0.05) is 5.39 Å². The van der Waals surface area contributed by atoms with Gasteiger partial charge in [0.05, 0.1) is 17.0 Å². The Morgan fingerprint density at radius 3 is 2.57 bits per heavy atom. The Balaban J connectivity index is 1.73. The summed E-state index contributed by atoms with van der Waals surface area (Å²) < 4.78 is 25.9. The summed E-state index contributed by atoms with van der Waals surface area (Å²) in [7, 11) is -3.99. The lowest BCUT2D eigenvalue weighted by atomic mass is 9.90. The van der Waals surface area contributed by atoms with Crippen LogP contribution in [-0.4, -0.2) is 18.5 Å². The van der Waals surface area contributed by atoms with Gasteiger partial charge in [-0.15, -0.1) is 4.91 Å². The van der Waals surface area contributed by atoms with Crippen LogP contribution in [0.3, 0.4) is 0 Å². The minimum atomic E-state index is -3.99. The van der Waals surface area contributed by atoms with E-state index in [0.29, 0.717) is 23.9 Å². The van der Waals surface area contributed by atoms with Gasteiger partial charge in [0.2, 0.25) is 5.88 Å². The van der Waals surface area contributed by atoms with Crippen molar-refractivity contribution in [2.24, 2.45) is 5.18 Å². The minimum Gasteiger partial charge on any atom is -0.493 e. The van der Waals surface area contributed by atoms with E-state index in [0.717, 1.165) is 24.0 Å². The van der Waals surface area contributed by atoms with Gasteiger partial charge in [0.1, 0.15) is 0 Å². The van der Waals surface area contributed by atoms with E-state index in [1.54, 1.807) is 0 Å². The number of fused-ring (bicyclic) bond motifs is 3. The highest BCUT2D eigenvalue weighted by Gasteiger charge is 2.28. The summed E-state index contributed by atoms with van der Waals surface area (Å²) in [6.07, 6.45) is 2.99. The van der Waals surface area contributed by atoms with Crippen molar-refractivity contribution in [1.29, 1.82) is 0 Å². The quantitative estimate of drug-likeness (QED) is 0.431. The van der Waals surface area contributed by atoms with Gasteiger partial charge in [0.15, 0.2) is 5.69 Å². The third-order valence-electron chi connectivity index (χ3n) is 4.97. The Labute approximate surface area is 161 Å². The lowest BCUT2D eigenvalue weighted by Crippen LogP contribution is -2.26. The molecule has 1 aliphatic rings. The predicted molar refractivity (Wildman–Crippen MR) is 104 cm³/mol. The van der Waals surface area contributed by atoms with E-state index >= 15 is 0 Å². The lowest BCUT2D eigenvalue weighted by molar-refractivity contribution is 0.0795. The molecule has 0 amide bonds. The van der Waals surface area contributed by atoms with Gasteiger partial charge in [-0.25, -0.2) is 8.42 Å². The third-order valence-corrected chi connectivity index (χ3v) is 6.25. The third kappa shape index (κ3) is 3.28. The maximum Gasteiger partial charge on any atom is 0.262 e. The number of nitrogens with one attached hydrogen (secondary N) is 2. The van der Waals surface area contributed by atoms with Gasteiger partial charge < -0.3 is 10.1 Å². The molecule has 0 spiro atoms. The van der Waals surface area contributed by atoms with Crippen molar-refractivity contribution in [1.82, 2.24) is 9.87 Å². The first kappa shape index (κ1) is 18.6. The number of nitroso groups, excluding NO2 is 1. The zero-order valence-electron chi connectivity index (χ0n) is 14.9. The largest absolute Gasteiger partial charge is 0.493 e. The highest BCUT2D eigenvalue weighted by atomic mass is 32.2. The van der Waals surface area contributed by atoms with Gasteiger partial charge in [-0.2, -0.15) is 0 Å². The molecule has 8 nitrogen and oxygen atoms in total. The Morgan fingerprint density at radius 1 is 1.14 bits per heavy atom. The standard InChI is InChI=1S/C19H19N3O5S/c23-19-18(21-24)15-10-16(13-8-4-5-9-14(13)17(15)20-19)28(25,26)22-27-11-12-6-2-1-3-7-12/h1-3,6-7,10,20,22-23H,4-5,8-9,11H2. The van der Waals surface area contributed by atoms with Crippen LogP contribution in [0.15, 0.2) is 46.5 Å². The van der Waals surface area contributed by atoms with Crippen LogP contribution in [0.1, 0.15) is 29.5 Å². The fourth-order valence-electron chi connectivity index (χ4n) is 3.68. The maximum atomic E-state index is 12.9. The monoisotopic (exact) mass is 401 g/mol. The number of hydrogen-bond acceptors (Lipinski definition) is 6. The van der Waals surface area contributed by atoms with E-state index in [1.165, 1.54) is 6.07 Å². The number of sulfonamides is 1. The zero-order valence-corrected chi connectivity index (χ0v) is 15.8. The van der Waals surface area contributed by atoms with Gasteiger partial charge in [-0.3, -0.25) is 4.84 Å². The number of H-pyrrole nitrogens is 1. The molecule has 0 aliphatic heterocycles. The Bertz CT molecular complexity index is 1140. The fraction of sp³-hybridized carbons (Fsp3) is 0.263. The molecule has 4 rings (SSSR count). The van der Waals surface area contributed by atoms with E-state index in [-0.39, 0.29) is 28.5 Å². The van der Waals surface area contributed by atoms with E-state index in [1.807, 2.05) is 30.3 Å². The first-order valence-electron chi connectivity index (χ1n) is 8.91. The number of rotatable bonds is 6. The van der Waals surface area contributed by atoms with Crippen molar-refractivity contribution in [2.75, 3.05) is 0 Å². The summed E-state index contributed by atoms with van der Waals surface area (Å²) in [5.74, 6) is -0.361. The molecule has 0 unspecified atom stereocenters. The molecule has 1 heterocycles. The second kappa shape index (κ2) is 7.34. The number of aryl methyl sites for hydroxylation is 1. The average molecular weight is 401 g/mol. The molecule has 3 N–H and O–H groups in total. The molecule has 2 aromatic carbocycles. The minimum absolute atomic E-state index is 0.0478. The Kier molecular flexibility index (Phi) is 4.88. The summed E-state index contributed by atoms with van der Waals surface area (Å²) in [6.45, 7) is 0.0800. The van der Waals surface area contributed by atoms with E-state index < -0.39 is 10.0 Å². The molecule has 1 aliphatic carbocycles. The normalized spacial score (nSPS) is 14.1. The second-order valence-corrected chi connectivity index (χ2v) is 8.35. The van der Waals surface area contributed by atoms with Gasteiger partial charge >= 0.3 is 0 Å². The zero-order chi connectivity index (χ0) is 19.7. The number of hydrogen-bond donors (Lipinski definition) is 3. The highest BCUT2D eigenvalue weighted by molar-refractivity contribution is 7.89. The molecule has 0 fully saturated rings. The lowest BCUT2D eigenvalue weighted by Gasteiger charge is -2.20. The number of aromatic nitrogens is 1. The molecule has 3 aromatic rings. The molecule has 146 valence electrons. The molecular formula is C19H19N3O5S. The Hall–Kier alpha value is -2.75. The van der Waals surface area contributed by atoms with Crippen molar-refractivity contribution < 1.29 is 18.4 Å². The maximum absolute atomic E-state index is 12.9. The molecular weight excluding hydrogens is 382 g/mol. The summed E-state index contributed by atoms with van der Waals surface area (Å²) >= 11 is 0. The van der Waals surface area contributed by atoms with Crippen molar-refractivity contribution in [3.63, 3.8) is 0 Å². The summed E-state index contributed by atoms with van der Waals surface area (Å²) in [5.41, 5.74) is 2.66. The Morgan fingerprint density at radius 2 is 1.86 bits per heavy atom. The smallest absolute Gasteiger partial charge is 0.262 e. The molecule has 9 heteroatoms. The van der Waals surface area contributed by atoms with Crippen LogP contribution >= 0.6 is 0 Å². The predicted octanol–water partition coefficient (Wildman–Crippen LogP) is 3.56. The van der Waals surface area contributed by atoms with Crippen molar-refractivity contribution in [3.05, 3.63) is 58.0 Å². The molecule has 1 aromatic heterocycles. The van der Waals surface area contributed by atoms with Crippen LogP contribution < -0.4 is 4.89 Å². The summed E-state index contributed by atoms with van der Waals surface area (Å²) in [6, 6.07) is 10.6. The highest BCUT2D eigenvalue weighted by Crippen LogP contribution is 2.41. The first-order chi connectivity index (χ1) is 13.5. The summed E-state index contributed by atoms with van der Waals surface area (Å²) in [5, 5.41) is 13.1. The molecule has 28 heavy (non-hydrogen) atoms. The van der Waals surface area contributed by atoms with Crippen LogP contribution in [-0.2, 0) is 34.3 Å². The van der Waals surface area contributed by atoms with Gasteiger partial charge in [-0.05, 0) is 53.6 Å². The number of aromatic amines is 1. The van der Waals surface area contributed by atoms with Crippen molar-refractivity contribution >= 4 is 26.6 Å². The fourth-order valence-corrected chi connectivity index (χ4v) is 4.81. The molecule has 0 atom stereocenters. The van der Waals surface area contributed by atoms with Crippen LogP contribution in [0.4, 0.5) is 5.69 Å². The average Bonchev–Trinajstić information content (AvgIpc) is 3.03. The van der Waals surface area contributed by atoms with E-state index in [4.69, 9.17) is 4.84 Å². The topological polar surface area (TPSA) is 121 Å². The summed E-state index contributed by atoms with van der Waals surface area (Å²) in [4.78, 5) is 21.4. The number of benzene rings is 2. The van der Waals surface area contributed by atoms with Crippen molar-refractivity contribution in [3.8, 4) is 5.88 Å². The molecule has 0 bridgehead atoms. The molecule has 0 saturated carbocycles. The number of nitrogens with zero attached hydrogens (tertiary/aromatic N) is 1. The van der Waals surface area contributed by atoms with Crippen LogP contribution in [0.25, 0.3) is 10.9 Å². The van der Waals surface area contributed by atoms with Gasteiger partial charge in [0.25, 0.3) is 10.0 Å². The van der Waals surface area contributed by atoms with Crippen LogP contribution in [0, 0.1) is 4.91 Å². The van der Waals surface area contributed by atoms with Gasteiger partial charge in [-0.1, -0.05) is 35.2 Å². The van der Waals surface area contributed by atoms with Crippen molar-refractivity contribution in [2.45, 2.75) is 37.2 Å². The van der Waals surface area contributed by atoms with E-state index in [2.05, 4.69) is 15.0 Å². The first-order valence-corrected chi connectivity index (χ1v) is 10.4. The molecule has 0 saturated heterocycles.